The highest BCUT2D eigenvalue weighted by molar-refractivity contribution is 6.31. The van der Waals surface area contributed by atoms with Crippen LogP contribution in [0.2, 0.25) is 5.02 Å². The van der Waals surface area contributed by atoms with Crippen LogP contribution in [-0.2, 0) is 6.54 Å². The highest BCUT2D eigenvalue weighted by Crippen LogP contribution is 2.28. The van der Waals surface area contributed by atoms with Gasteiger partial charge in [-0.3, -0.25) is 4.79 Å². The molecule has 2 heterocycles. The van der Waals surface area contributed by atoms with Gasteiger partial charge in [0.1, 0.15) is 11.4 Å². The molecule has 0 bridgehead atoms. The number of halogens is 1. The number of aromatic nitrogens is 2. The lowest BCUT2D eigenvalue weighted by Gasteiger charge is -2.08. The molecule has 0 unspecified atom stereocenters. The van der Waals surface area contributed by atoms with Crippen molar-refractivity contribution in [3.63, 3.8) is 0 Å². The molecule has 0 saturated heterocycles. The van der Waals surface area contributed by atoms with Gasteiger partial charge in [0.15, 0.2) is 5.76 Å². The summed E-state index contributed by atoms with van der Waals surface area (Å²) in [6, 6.07) is 17.1. The largest absolute Gasteiger partial charge is 0.451 e. The molecule has 0 radical (unpaired) electrons. The third-order valence-electron chi connectivity index (χ3n) is 4.42. The van der Waals surface area contributed by atoms with Gasteiger partial charge >= 0.3 is 0 Å². The number of furan rings is 1. The number of rotatable bonds is 4. The fourth-order valence-corrected chi connectivity index (χ4v) is 3.28. The summed E-state index contributed by atoms with van der Waals surface area (Å²) in [6.45, 7) is 4.31. The Morgan fingerprint density at radius 3 is 2.70 bits per heavy atom. The molecule has 0 aliphatic rings. The van der Waals surface area contributed by atoms with Crippen LogP contribution < -0.4 is 5.32 Å². The van der Waals surface area contributed by atoms with Crippen LogP contribution >= 0.6 is 11.6 Å². The SMILES string of the molecule is Cc1cc(NC(=O)c2oc3ccc(Cl)cc3c2C)n(Cc2ccccc2)n1. The second kappa shape index (κ2) is 6.93. The van der Waals surface area contributed by atoms with E-state index in [1.54, 1.807) is 22.9 Å². The van der Waals surface area contributed by atoms with Crippen molar-refractivity contribution in [3.05, 3.63) is 82.2 Å². The first kappa shape index (κ1) is 17.4. The Morgan fingerprint density at radius 1 is 1.15 bits per heavy atom. The van der Waals surface area contributed by atoms with Gasteiger partial charge in [-0.25, -0.2) is 4.68 Å². The summed E-state index contributed by atoms with van der Waals surface area (Å²) in [5.41, 5.74) is 3.33. The minimum absolute atomic E-state index is 0.275. The number of hydrogen-bond donors (Lipinski definition) is 1. The number of aryl methyl sites for hydroxylation is 2. The molecule has 5 nitrogen and oxygen atoms in total. The lowest BCUT2D eigenvalue weighted by molar-refractivity contribution is 0.0997. The fourth-order valence-electron chi connectivity index (χ4n) is 3.11. The molecular formula is C21H18ClN3O2. The minimum Gasteiger partial charge on any atom is -0.451 e. The number of hydrogen-bond acceptors (Lipinski definition) is 3. The molecular weight excluding hydrogens is 362 g/mol. The quantitative estimate of drug-likeness (QED) is 0.530. The summed E-state index contributed by atoms with van der Waals surface area (Å²) in [7, 11) is 0. The van der Waals surface area contributed by atoms with Gasteiger partial charge < -0.3 is 9.73 Å². The maximum absolute atomic E-state index is 12.8. The molecule has 4 rings (SSSR count). The van der Waals surface area contributed by atoms with Crippen LogP contribution in [-0.4, -0.2) is 15.7 Å². The molecule has 2 aromatic heterocycles. The van der Waals surface area contributed by atoms with E-state index in [-0.39, 0.29) is 11.7 Å². The van der Waals surface area contributed by atoms with E-state index >= 15 is 0 Å². The monoisotopic (exact) mass is 379 g/mol. The first-order valence-electron chi connectivity index (χ1n) is 8.59. The lowest BCUT2D eigenvalue weighted by Crippen LogP contribution is -2.16. The van der Waals surface area contributed by atoms with Crippen molar-refractivity contribution in [2.24, 2.45) is 0 Å². The summed E-state index contributed by atoms with van der Waals surface area (Å²) in [5, 5.41) is 8.84. The Morgan fingerprint density at radius 2 is 1.93 bits per heavy atom. The van der Waals surface area contributed by atoms with Gasteiger partial charge in [-0.1, -0.05) is 41.9 Å². The maximum atomic E-state index is 12.8. The second-order valence-electron chi connectivity index (χ2n) is 6.46. The number of nitrogens with one attached hydrogen (secondary N) is 1. The fraction of sp³-hybridized carbons (Fsp3) is 0.143. The first-order valence-corrected chi connectivity index (χ1v) is 8.97. The van der Waals surface area contributed by atoms with Gasteiger partial charge in [-0.05, 0) is 37.6 Å². The van der Waals surface area contributed by atoms with Crippen LogP contribution in [0, 0.1) is 13.8 Å². The molecule has 0 fully saturated rings. The van der Waals surface area contributed by atoms with E-state index in [0.717, 1.165) is 22.2 Å². The van der Waals surface area contributed by atoms with Crippen molar-refractivity contribution in [1.29, 1.82) is 0 Å². The number of benzene rings is 2. The van der Waals surface area contributed by atoms with Crippen molar-refractivity contribution < 1.29 is 9.21 Å². The lowest BCUT2D eigenvalue weighted by atomic mass is 10.1. The molecule has 0 aliphatic heterocycles. The minimum atomic E-state index is -0.311. The van der Waals surface area contributed by atoms with E-state index in [1.165, 1.54) is 0 Å². The van der Waals surface area contributed by atoms with Gasteiger partial charge in [0.05, 0.1) is 12.2 Å². The topological polar surface area (TPSA) is 60.1 Å². The first-order chi connectivity index (χ1) is 13.0. The highest BCUT2D eigenvalue weighted by Gasteiger charge is 2.19. The molecule has 0 aliphatic carbocycles. The zero-order chi connectivity index (χ0) is 19.0. The smallest absolute Gasteiger partial charge is 0.292 e. The Labute approximate surface area is 161 Å². The van der Waals surface area contributed by atoms with Crippen molar-refractivity contribution in [2.45, 2.75) is 20.4 Å². The maximum Gasteiger partial charge on any atom is 0.292 e. The predicted molar refractivity (Wildman–Crippen MR) is 106 cm³/mol. The predicted octanol–water partition coefficient (Wildman–Crippen LogP) is 5.20. The van der Waals surface area contributed by atoms with E-state index in [0.29, 0.717) is 23.0 Å². The Hall–Kier alpha value is -3.05. The number of anilines is 1. The van der Waals surface area contributed by atoms with E-state index in [2.05, 4.69) is 10.4 Å². The second-order valence-corrected chi connectivity index (χ2v) is 6.90. The molecule has 4 aromatic rings. The molecule has 1 N–H and O–H groups in total. The van der Waals surface area contributed by atoms with Crippen molar-refractivity contribution in [3.8, 4) is 0 Å². The van der Waals surface area contributed by atoms with E-state index in [9.17, 15) is 4.79 Å². The van der Waals surface area contributed by atoms with Crippen LogP contribution in [0.1, 0.15) is 27.4 Å². The molecule has 0 atom stereocenters. The van der Waals surface area contributed by atoms with Crippen LogP contribution in [0.25, 0.3) is 11.0 Å². The zero-order valence-corrected chi connectivity index (χ0v) is 15.7. The third-order valence-corrected chi connectivity index (χ3v) is 4.66. The van der Waals surface area contributed by atoms with Gasteiger partial charge in [-0.2, -0.15) is 5.10 Å². The Bertz CT molecular complexity index is 1130. The van der Waals surface area contributed by atoms with Gasteiger partial charge in [0.2, 0.25) is 0 Å². The van der Waals surface area contributed by atoms with Crippen molar-refractivity contribution in [2.75, 3.05) is 5.32 Å². The Balaban J connectivity index is 1.63. The Kier molecular flexibility index (Phi) is 4.46. The molecule has 136 valence electrons. The van der Waals surface area contributed by atoms with E-state index < -0.39 is 0 Å². The van der Waals surface area contributed by atoms with Crippen molar-refractivity contribution >= 4 is 34.3 Å². The number of nitrogens with zero attached hydrogens (tertiary/aromatic N) is 2. The van der Waals surface area contributed by atoms with Crippen LogP contribution in [0.3, 0.4) is 0 Å². The summed E-state index contributed by atoms with van der Waals surface area (Å²) >= 11 is 6.06. The summed E-state index contributed by atoms with van der Waals surface area (Å²) in [5.74, 6) is 0.589. The average Bonchev–Trinajstić information content (AvgIpc) is 3.15. The van der Waals surface area contributed by atoms with E-state index in [4.69, 9.17) is 16.0 Å². The third kappa shape index (κ3) is 3.46. The van der Waals surface area contributed by atoms with Crippen LogP contribution in [0.4, 0.5) is 5.82 Å². The van der Waals surface area contributed by atoms with Crippen molar-refractivity contribution in [1.82, 2.24) is 9.78 Å². The van der Waals surface area contributed by atoms with Gasteiger partial charge in [0.25, 0.3) is 5.91 Å². The zero-order valence-electron chi connectivity index (χ0n) is 15.0. The highest BCUT2D eigenvalue weighted by atomic mass is 35.5. The molecule has 0 saturated carbocycles. The summed E-state index contributed by atoms with van der Waals surface area (Å²) in [4.78, 5) is 12.8. The van der Waals surface area contributed by atoms with Crippen LogP contribution in [0.15, 0.2) is 59.0 Å². The molecule has 1 amide bonds. The standard InChI is InChI=1S/C21H18ClN3O2/c1-13-10-19(25(24-13)12-15-6-4-3-5-7-15)23-21(26)20-14(2)17-11-16(22)8-9-18(17)27-20/h3-11H,12H2,1-2H3,(H,23,26). The normalized spacial score (nSPS) is 11.1. The summed E-state index contributed by atoms with van der Waals surface area (Å²) in [6.07, 6.45) is 0. The number of carbonyl (C=O) groups is 1. The van der Waals surface area contributed by atoms with Gasteiger partial charge in [-0.15, -0.1) is 0 Å². The molecule has 2 aromatic carbocycles. The van der Waals surface area contributed by atoms with Gasteiger partial charge in [0, 0.05) is 22.0 Å². The number of amides is 1. The van der Waals surface area contributed by atoms with E-state index in [1.807, 2.05) is 50.2 Å². The number of fused-ring (bicyclic) bond motifs is 1. The van der Waals surface area contributed by atoms with Crippen LogP contribution in [0.5, 0.6) is 0 Å². The molecule has 27 heavy (non-hydrogen) atoms. The summed E-state index contributed by atoms with van der Waals surface area (Å²) < 4.78 is 7.53. The average molecular weight is 380 g/mol. The molecule has 0 spiro atoms. The number of carbonyl (C=O) groups excluding carboxylic acids is 1. The molecule has 6 heteroatoms.